The Bertz CT molecular complexity index is 1260. The SMILES string of the molecule is N#Cc1ccc(NC(=O)C2CN(c3ccc(C#N)c(C(F)(F)F)c3)C(C(F)(F)F)O2)c(C(F)(F)F)c1. The van der Waals surface area contributed by atoms with Crippen LogP contribution in [0.5, 0.6) is 0 Å². The largest absolute Gasteiger partial charge is 0.433 e. The minimum Gasteiger partial charge on any atom is -0.335 e. The van der Waals surface area contributed by atoms with E-state index in [2.05, 4.69) is 4.74 Å². The molecular formula is C21H11F9N4O2. The number of carbonyl (C=O) groups is 1. The molecule has 1 amide bonds. The molecule has 2 aromatic carbocycles. The Balaban J connectivity index is 1.95. The molecule has 1 aliphatic rings. The highest BCUT2D eigenvalue weighted by atomic mass is 19.4. The second-order valence-corrected chi connectivity index (χ2v) is 7.37. The van der Waals surface area contributed by atoms with Crippen molar-refractivity contribution in [1.29, 1.82) is 10.5 Å². The fraction of sp³-hybridized carbons (Fsp3) is 0.286. The average Bonchev–Trinajstić information content (AvgIpc) is 3.24. The van der Waals surface area contributed by atoms with E-state index in [0.29, 0.717) is 12.1 Å². The first kappa shape index (κ1) is 26.6. The number of benzene rings is 2. The quantitative estimate of drug-likeness (QED) is 0.560. The zero-order valence-electron chi connectivity index (χ0n) is 17.4. The molecule has 0 bridgehead atoms. The molecule has 1 saturated heterocycles. The molecule has 0 spiro atoms. The summed E-state index contributed by atoms with van der Waals surface area (Å²) >= 11 is 0. The smallest absolute Gasteiger partial charge is 0.335 e. The molecule has 15 heteroatoms. The number of rotatable bonds is 3. The van der Waals surface area contributed by atoms with Gasteiger partial charge in [-0.1, -0.05) is 0 Å². The predicted octanol–water partition coefficient (Wildman–Crippen LogP) is 5.20. The molecule has 2 unspecified atom stereocenters. The van der Waals surface area contributed by atoms with E-state index in [1.165, 1.54) is 12.1 Å². The molecule has 190 valence electrons. The van der Waals surface area contributed by atoms with Gasteiger partial charge in [0.25, 0.3) is 5.91 Å². The molecule has 36 heavy (non-hydrogen) atoms. The maximum atomic E-state index is 13.6. The minimum atomic E-state index is -5.22. The fourth-order valence-electron chi connectivity index (χ4n) is 3.40. The maximum absolute atomic E-state index is 13.6. The Kier molecular flexibility index (Phi) is 6.83. The number of amides is 1. The standard InChI is InChI=1S/C21H11F9N4O2/c22-19(23,24)13-6-12(3-2-11(13)8-32)34-9-16(36-18(34)21(28,29)30)17(35)33-15-4-1-10(7-31)5-14(15)20(25,26)27/h1-6,16,18H,9H2,(H,33,35). The van der Waals surface area contributed by atoms with Crippen LogP contribution in [0.1, 0.15) is 22.3 Å². The van der Waals surface area contributed by atoms with Gasteiger partial charge in [0, 0.05) is 5.69 Å². The van der Waals surface area contributed by atoms with Gasteiger partial charge in [-0.15, -0.1) is 0 Å². The van der Waals surface area contributed by atoms with Crippen molar-refractivity contribution in [3.63, 3.8) is 0 Å². The summed E-state index contributed by atoms with van der Waals surface area (Å²) in [4.78, 5) is 12.8. The first-order chi connectivity index (χ1) is 16.6. The summed E-state index contributed by atoms with van der Waals surface area (Å²) in [7, 11) is 0. The fourth-order valence-corrected chi connectivity index (χ4v) is 3.40. The molecule has 0 aliphatic carbocycles. The topological polar surface area (TPSA) is 89.2 Å². The monoisotopic (exact) mass is 522 g/mol. The van der Waals surface area contributed by atoms with Crippen molar-refractivity contribution in [2.24, 2.45) is 0 Å². The lowest BCUT2D eigenvalue weighted by Gasteiger charge is -2.27. The van der Waals surface area contributed by atoms with E-state index >= 15 is 0 Å². The van der Waals surface area contributed by atoms with Gasteiger partial charge in [-0.2, -0.15) is 50.0 Å². The zero-order valence-corrected chi connectivity index (χ0v) is 17.4. The summed E-state index contributed by atoms with van der Waals surface area (Å²) in [5.74, 6) is -1.44. The van der Waals surface area contributed by atoms with Gasteiger partial charge in [0.2, 0.25) is 6.23 Å². The normalized spacial score (nSPS) is 18.5. The number of alkyl halides is 9. The minimum absolute atomic E-state index is 0.281. The molecule has 1 N–H and O–H groups in total. The molecular weight excluding hydrogens is 511 g/mol. The highest BCUT2D eigenvalue weighted by molar-refractivity contribution is 5.95. The van der Waals surface area contributed by atoms with Gasteiger partial charge >= 0.3 is 18.5 Å². The first-order valence-electron chi connectivity index (χ1n) is 9.58. The number of hydrogen-bond acceptors (Lipinski definition) is 5. The number of nitrogens with one attached hydrogen (secondary N) is 1. The Labute approximate surface area is 196 Å². The molecule has 6 nitrogen and oxygen atoms in total. The van der Waals surface area contributed by atoms with Gasteiger partial charge in [0.15, 0.2) is 6.10 Å². The van der Waals surface area contributed by atoms with Crippen LogP contribution in [-0.4, -0.2) is 31.0 Å². The zero-order chi connectivity index (χ0) is 27.1. The molecule has 0 radical (unpaired) electrons. The van der Waals surface area contributed by atoms with Gasteiger partial charge in [0.05, 0.1) is 46.6 Å². The van der Waals surface area contributed by atoms with Crippen molar-refractivity contribution < 1.29 is 49.0 Å². The number of nitrogens with zero attached hydrogens (tertiary/aromatic N) is 3. The number of nitriles is 2. The van der Waals surface area contributed by atoms with Crippen molar-refractivity contribution in [1.82, 2.24) is 0 Å². The third kappa shape index (κ3) is 5.46. The van der Waals surface area contributed by atoms with Gasteiger partial charge < -0.3 is 15.0 Å². The third-order valence-corrected chi connectivity index (χ3v) is 4.98. The summed E-state index contributed by atoms with van der Waals surface area (Å²) in [5.41, 5.74) is -5.78. The molecule has 1 aliphatic heterocycles. The van der Waals surface area contributed by atoms with E-state index in [1.54, 1.807) is 5.32 Å². The van der Waals surface area contributed by atoms with E-state index in [4.69, 9.17) is 10.5 Å². The lowest BCUT2D eigenvalue weighted by molar-refractivity contribution is -0.212. The highest BCUT2D eigenvalue weighted by Gasteiger charge is 2.53. The summed E-state index contributed by atoms with van der Waals surface area (Å²) < 4.78 is 125. The Morgan fingerprint density at radius 2 is 1.56 bits per heavy atom. The molecule has 1 heterocycles. The van der Waals surface area contributed by atoms with Crippen molar-refractivity contribution in [3.05, 3.63) is 58.7 Å². The van der Waals surface area contributed by atoms with Gasteiger partial charge in [-0.25, -0.2) is 0 Å². The van der Waals surface area contributed by atoms with E-state index < -0.39 is 76.9 Å². The third-order valence-electron chi connectivity index (χ3n) is 4.98. The highest BCUT2D eigenvalue weighted by Crippen LogP contribution is 2.40. The van der Waals surface area contributed by atoms with Crippen molar-refractivity contribution in [3.8, 4) is 12.1 Å². The predicted molar refractivity (Wildman–Crippen MR) is 103 cm³/mol. The van der Waals surface area contributed by atoms with E-state index in [1.807, 2.05) is 0 Å². The van der Waals surface area contributed by atoms with Crippen LogP contribution in [0.4, 0.5) is 50.9 Å². The first-order valence-corrected chi connectivity index (χ1v) is 9.58. The lowest BCUT2D eigenvalue weighted by Crippen LogP contribution is -2.42. The molecule has 3 rings (SSSR count). The number of halogens is 9. The Hall–Kier alpha value is -3.98. The number of anilines is 2. The average molecular weight is 522 g/mol. The van der Waals surface area contributed by atoms with Crippen LogP contribution in [0.15, 0.2) is 36.4 Å². The van der Waals surface area contributed by atoms with Crippen LogP contribution in [0.3, 0.4) is 0 Å². The molecule has 0 aromatic heterocycles. The molecule has 0 saturated carbocycles. The van der Waals surface area contributed by atoms with Crippen LogP contribution in [0, 0.1) is 22.7 Å². The Morgan fingerprint density at radius 1 is 0.917 bits per heavy atom. The van der Waals surface area contributed by atoms with Crippen LogP contribution in [-0.2, 0) is 21.9 Å². The summed E-state index contributed by atoms with van der Waals surface area (Å²) in [6, 6.07) is 6.54. The lowest BCUT2D eigenvalue weighted by atomic mass is 10.1. The van der Waals surface area contributed by atoms with Crippen molar-refractivity contribution >= 4 is 17.3 Å². The van der Waals surface area contributed by atoms with Gasteiger partial charge in [-0.05, 0) is 36.4 Å². The van der Waals surface area contributed by atoms with Gasteiger partial charge in [-0.3, -0.25) is 4.79 Å². The summed E-state index contributed by atoms with van der Waals surface area (Å²) in [6.07, 6.45) is -20.3. The number of carbonyl (C=O) groups excluding carboxylic acids is 1. The molecule has 2 atom stereocenters. The van der Waals surface area contributed by atoms with Gasteiger partial charge in [0.1, 0.15) is 0 Å². The maximum Gasteiger partial charge on any atom is 0.433 e. The second kappa shape index (κ2) is 9.23. The van der Waals surface area contributed by atoms with Crippen molar-refractivity contribution in [2.75, 3.05) is 16.8 Å². The number of hydrogen-bond donors (Lipinski definition) is 1. The van der Waals surface area contributed by atoms with Crippen LogP contribution in [0.2, 0.25) is 0 Å². The van der Waals surface area contributed by atoms with Crippen LogP contribution < -0.4 is 10.2 Å². The van der Waals surface area contributed by atoms with E-state index in [-0.39, 0.29) is 11.0 Å². The van der Waals surface area contributed by atoms with E-state index in [0.717, 1.165) is 18.2 Å². The molecule has 2 aromatic rings. The summed E-state index contributed by atoms with van der Waals surface area (Å²) in [5, 5.41) is 19.5. The van der Waals surface area contributed by atoms with E-state index in [9.17, 15) is 44.3 Å². The Morgan fingerprint density at radius 3 is 2.08 bits per heavy atom. The van der Waals surface area contributed by atoms with Crippen LogP contribution in [0.25, 0.3) is 0 Å². The van der Waals surface area contributed by atoms with Crippen molar-refractivity contribution in [2.45, 2.75) is 30.9 Å². The van der Waals surface area contributed by atoms with Crippen LogP contribution >= 0.6 is 0 Å². The number of ether oxygens (including phenoxy) is 1. The summed E-state index contributed by atoms with van der Waals surface area (Å²) in [6.45, 7) is -0.975. The second-order valence-electron chi connectivity index (χ2n) is 7.37. The molecule has 1 fully saturated rings.